The number of imidazole rings is 1. The van der Waals surface area contributed by atoms with Crippen molar-refractivity contribution in [3.8, 4) is 0 Å². The van der Waals surface area contributed by atoms with Crippen LogP contribution in [0.2, 0.25) is 0 Å². The van der Waals surface area contributed by atoms with Gasteiger partial charge in [-0.15, -0.1) is 12.4 Å². The summed E-state index contributed by atoms with van der Waals surface area (Å²) < 4.78 is 2.22. The van der Waals surface area contributed by atoms with E-state index in [0.717, 1.165) is 18.1 Å². The third kappa shape index (κ3) is 1.74. The standard InChI is InChI=1S/C8H14N2.ClH/c1-5-10-7(3)6(2)9-8(10)4;/h5H2,1-4H3;1H. The van der Waals surface area contributed by atoms with Gasteiger partial charge in [0, 0.05) is 12.2 Å². The quantitative estimate of drug-likeness (QED) is 0.639. The zero-order valence-electron chi connectivity index (χ0n) is 7.51. The van der Waals surface area contributed by atoms with E-state index in [1.54, 1.807) is 0 Å². The molecule has 1 heterocycles. The zero-order valence-corrected chi connectivity index (χ0v) is 8.33. The van der Waals surface area contributed by atoms with Crippen LogP contribution >= 0.6 is 12.4 Å². The van der Waals surface area contributed by atoms with Crippen molar-refractivity contribution in [2.75, 3.05) is 0 Å². The maximum atomic E-state index is 4.34. The number of rotatable bonds is 1. The number of aromatic nitrogens is 2. The molecule has 0 radical (unpaired) electrons. The van der Waals surface area contributed by atoms with Crippen LogP contribution in [0.1, 0.15) is 24.1 Å². The Kier molecular flexibility index (Phi) is 3.59. The van der Waals surface area contributed by atoms with Gasteiger partial charge in [-0.1, -0.05) is 0 Å². The number of nitrogens with zero attached hydrogens (tertiary/aromatic N) is 2. The van der Waals surface area contributed by atoms with Crippen LogP contribution in [0, 0.1) is 20.8 Å². The van der Waals surface area contributed by atoms with Gasteiger partial charge in [0.15, 0.2) is 0 Å². The first-order valence-electron chi connectivity index (χ1n) is 3.67. The minimum atomic E-state index is 0. The largest absolute Gasteiger partial charge is 0.333 e. The van der Waals surface area contributed by atoms with Crippen molar-refractivity contribution in [1.82, 2.24) is 9.55 Å². The molecule has 3 heteroatoms. The molecule has 0 unspecified atom stereocenters. The molecule has 0 aliphatic carbocycles. The molecule has 64 valence electrons. The summed E-state index contributed by atoms with van der Waals surface area (Å²) in [6, 6.07) is 0. The van der Waals surface area contributed by atoms with Crippen molar-refractivity contribution in [1.29, 1.82) is 0 Å². The van der Waals surface area contributed by atoms with Crippen LogP contribution in [0.5, 0.6) is 0 Å². The molecule has 1 aromatic heterocycles. The molecule has 11 heavy (non-hydrogen) atoms. The van der Waals surface area contributed by atoms with Gasteiger partial charge < -0.3 is 4.57 Å². The Hall–Kier alpha value is -0.500. The van der Waals surface area contributed by atoms with E-state index < -0.39 is 0 Å². The van der Waals surface area contributed by atoms with Gasteiger partial charge in [0.2, 0.25) is 0 Å². The van der Waals surface area contributed by atoms with Crippen LogP contribution in [0.4, 0.5) is 0 Å². The molecule has 0 amide bonds. The fourth-order valence-electron chi connectivity index (χ4n) is 1.29. The molecule has 0 saturated carbocycles. The maximum absolute atomic E-state index is 4.34. The molecule has 0 aromatic carbocycles. The van der Waals surface area contributed by atoms with E-state index in [4.69, 9.17) is 0 Å². The van der Waals surface area contributed by atoms with Crippen molar-refractivity contribution >= 4 is 12.4 Å². The predicted octanol–water partition coefficient (Wildman–Crippen LogP) is 2.25. The third-order valence-corrected chi connectivity index (χ3v) is 1.96. The Morgan fingerprint density at radius 1 is 1.27 bits per heavy atom. The highest BCUT2D eigenvalue weighted by Gasteiger charge is 2.03. The molecule has 0 saturated heterocycles. The molecular weight excluding hydrogens is 160 g/mol. The van der Waals surface area contributed by atoms with Gasteiger partial charge in [-0.25, -0.2) is 4.98 Å². The molecule has 0 fully saturated rings. The van der Waals surface area contributed by atoms with Gasteiger partial charge in [-0.2, -0.15) is 0 Å². The highest BCUT2D eigenvalue weighted by molar-refractivity contribution is 5.85. The van der Waals surface area contributed by atoms with Crippen molar-refractivity contribution in [2.24, 2.45) is 0 Å². The molecular formula is C8H15ClN2. The lowest BCUT2D eigenvalue weighted by molar-refractivity contribution is 0.708. The summed E-state index contributed by atoms with van der Waals surface area (Å²) in [6.45, 7) is 9.37. The van der Waals surface area contributed by atoms with Crippen molar-refractivity contribution in [3.05, 3.63) is 17.2 Å². The Labute approximate surface area is 74.0 Å². The topological polar surface area (TPSA) is 17.8 Å². The fraction of sp³-hybridized carbons (Fsp3) is 0.625. The summed E-state index contributed by atoms with van der Waals surface area (Å²) in [7, 11) is 0. The minimum absolute atomic E-state index is 0. The molecule has 1 aromatic rings. The summed E-state index contributed by atoms with van der Waals surface area (Å²) in [4.78, 5) is 4.34. The molecule has 0 aliphatic heterocycles. The molecule has 0 N–H and O–H groups in total. The summed E-state index contributed by atoms with van der Waals surface area (Å²) in [6.07, 6.45) is 0. The Morgan fingerprint density at radius 3 is 2.00 bits per heavy atom. The number of hydrogen-bond donors (Lipinski definition) is 0. The Balaban J connectivity index is 0.000001000. The first kappa shape index (κ1) is 10.5. The first-order chi connectivity index (χ1) is 4.66. The number of halogens is 1. The van der Waals surface area contributed by atoms with Gasteiger partial charge in [0.05, 0.1) is 5.69 Å². The second-order valence-electron chi connectivity index (χ2n) is 2.57. The highest BCUT2D eigenvalue weighted by Crippen LogP contribution is 2.07. The van der Waals surface area contributed by atoms with E-state index in [9.17, 15) is 0 Å². The molecule has 1 rings (SSSR count). The van der Waals surface area contributed by atoms with Crippen molar-refractivity contribution in [2.45, 2.75) is 34.2 Å². The van der Waals surface area contributed by atoms with E-state index in [1.165, 1.54) is 5.69 Å². The summed E-state index contributed by atoms with van der Waals surface area (Å²) in [5.74, 6) is 1.12. The SMILES string of the molecule is CCn1c(C)nc(C)c1C.Cl. The fourth-order valence-corrected chi connectivity index (χ4v) is 1.29. The lowest BCUT2D eigenvalue weighted by Crippen LogP contribution is -1.98. The second-order valence-corrected chi connectivity index (χ2v) is 2.57. The molecule has 0 atom stereocenters. The van der Waals surface area contributed by atoms with E-state index in [0.29, 0.717) is 0 Å². The molecule has 0 spiro atoms. The summed E-state index contributed by atoms with van der Waals surface area (Å²) >= 11 is 0. The predicted molar refractivity (Wildman–Crippen MR) is 49.4 cm³/mol. The van der Waals surface area contributed by atoms with E-state index in [-0.39, 0.29) is 12.4 Å². The van der Waals surface area contributed by atoms with Crippen LogP contribution in [-0.2, 0) is 6.54 Å². The molecule has 0 aliphatic rings. The van der Waals surface area contributed by atoms with Crippen LogP contribution in [0.15, 0.2) is 0 Å². The monoisotopic (exact) mass is 174 g/mol. The Morgan fingerprint density at radius 2 is 1.82 bits per heavy atom. The van der Waals surface area contributed by atoms with Crippen LogP contribution < -0.4 is 0 Å². The molecule has 2 nitrogen and oxygen atoms in total. The second kappa shape index (κ2) is 3.77. The van der Waals surface area contributed by atoms with Gasteiger partial charge in [0.1, 0.15) is 5.82 Å². The van der Waals surface area contributed by atoms with Gasteiger partial charge >= 0.3 is 0 Å². The van der Waals surface area contributed by atoms with E-state index in [1.807, 2.05) is 6.92 Å². The normalized spacial score (nSPS) is 9.45. The average molecular weight is 175 g/mol. The van der Waals surface area contributed by atoms with Crippen molar-refractivity contribution in [3.63, 3.8) is 0 Å². The summed E-state index contributed by atoms with van der Waals surface area (Å²) in [5, 5.41) is 0. The van der Waals surface area contributed by atoms with Crippen LogP contribution in [0.3, 0.4) is 0 Å². The van der Waals surface area contributed by atoms with Crippen LogP contribution in [-0.4, -0.2) is 9.55 Å². The Bertz CT molecular complexity index is 240. The zero-order chi connectivity index (χ0) is 7.72. The van der Waals surface area contributed by atoms with Crippen LogP contribution in [0.25, 0.3) is 0 Å². The highest BCUT2D eigenvalue weighted by atomic mass is 35.5. The number of hydrogen-bond acceptors (Lipinski definition) is 1. The molecule has 0 bridgehead atoms. The van der Waals surface area contributed by atoms with Gasteiger partial charge in [0.25, 0.3) is 0 Å². The van der Waals surface area contributed by atoms with Gasteiger partial charge in [-0.3, -0.25) is 0 Å². The van der Waals surface area contributed by atoms with Gasteiger partial charge in [-0.05, 0) is 27.7 Å². The smallest absolute Gasteiger partial charge is 0.106 e. The average Bonchev–Trinajstić information content (AvgIpc) is 2.09. The lowest BCUT2D eigenvalue weighted by Gasteiger charge is -2.01. The number of aryl methyl sites for hydroxylation is 2. The van der Waals surface area contributed by atoms with E-state index >= 15 is 0 Å². The first-order valence-corrected chi connectivity index (χ1v) is 3.67. The minimum Gasteiger partial charge on any atom is -0.333 e. The third-order valence-electron chi connectivity index (χ3n) is 1.96. The summed E-state index contributed by atoms with van der Waals surface area (Å²) in [5.41, 5.74) is 2.44. The van der Waals surface area contributed by atoms with Crippen molar-refractivity contribution < 1.29 is 0 Å². The van der Waals surface area contributed by atoms with E-state index in [2.05, 4.69) is 30.3 Å². The lowest BCUT2D eigenvalue weighted by atomic mass is 10.4. The maximum Gasteiger partial charge on any atom is 0.106 e.